The smallest absolute Gasteiger partial charge is 0.224 e. The molecule has 0 atom stereocenters. The van der Waals surface area contributed by atoms with Crippen molar-refractivity contribution in [3.63, 3.8) is 0 Å². The lowest BCUT2D eigenvalue weighted by Crippen LogP contribution is -2.13. The number of amides is 1. The average Bonchev–Trinajstić information content (AvgIpc) is 3.07. The molecule has 0 spiro atoms. The van der Waals surface area contributed by atoms with Crippen LogP contribution in [0.5, 0.6) is 0 Å². The van der Waals surface area contributed by atoms with E-state index in [2.05, 4.69) is 10.3 Å². The molecule has 0 radical (unpaired) electrons. The Hall–Kier alpha value is -2.37. The van der Waals surface area contributed by atoms with E-state index in [0.717, 1.165) is 5.56 Å². The highest BCUT2D eigenvalue weighted by atomic mass is 35.5. The molecule has 7 heteroatoms. The molecule has 0 aliphatic heterocycles. The Labute approximate surface area is 153 Å². The van der Waals surface area contributed by atoms with E-state index in [4.69, 9.17) is 27.6 Å². The summed E-state index contributed by atoms with van der Waals surface area (Å²) in [5.74, 6) is 0.00528. The summed E-state index contributed by atoms with van der Waals surface area (Å²) in [4.78, 5) is 16.1. The average molecular weight is 379 g/mol. The van der Waals surface area contributed by atoms with E-state index in [0.29, 0.717) is 23.1 Å². The van der Waals surface area contributed by atoms with Gasteiger partial charge in [-0.3, -0.25) is 4.79 Å². The van der Waals surface area contributed by atoms with Gasteiger partial charge in [-0.1, -0.05) is 29.3 Å². The summed E-state index contributed by atoms with van der Waals surface area (Å²) in [5, 5.41) is 3.07. The van der Waals surface area contributed by atoms with Gasteiger partial charge in [0.25, 0.3) is 0 Å². The molecule has 25 heavy (non-hydrogen) atoms. The molecule has 0 saturated heterocycles. The number of aryl methyl sites for hydroxylation is 1. The third-order valence-corrected chi connectivity index (χ3v) is 4.02. The molecule has 1 amide bonds. The van der Waals surface area contributed by atoms with E-state index in [1.165, 1.54) is 12.1 Å². The molecule has 1 aromatic heterocycles. The molecule has 128 valence electrons. The minimum absolute atomic E-state index is 0.0434. The Bertz CT molecular complexity index is 894. The van der Waals surface area contributed by atoms with Crippen LogP contribution in [0.1, 0.15) is 12.3 Å². The number of anilines is 1. The molecule has 0 saturated carbocycles. The van der Waals surface area contributed by atoms with Gasteiger partial charge < -0.3 is 9.73 Å². The maximum absolute atomic E-state index is 13.8. The lowest BCUT2D eigenvalue weighted by atomic mass is 10.2. The van der Waals surface area contributed by atoms with Crippen molar-refractivity contribution >= 4 is 34.8 Å². The van der Waals surface area contributed by atoms with Gasteiger partial charge in [-0.2, -0.15) is 0 Å². The molecule has 0 aliphatic carbocycles. The number of nitrogens with one attached hydrogen (secondary N) is 1. The molecule has 0 unspecified atom stereocenters. The summed E-state index contributed by atoms with van der Waals surface area (Å²) in [6.45, 7) is 0. The van der Waals surface area contributed by atoms with Gasteiger partial charge in [0.15, 0.2) is 17.5 Å². The number of carbonyl (C=O) groups is 1. The highest BCUT2D eigenvalue weighted by molar-refractivity contribution is 6.31. The molecule has 4 nitrogen and oxygen atoms in total. The molecule has 0 aliphatic rings. The van der Waals surface area contributed by atoms with Gasteiger partial charge in [0.1, 0.15) is 0 Å². The topological polar surface area (TPSA) is 55.1 Å². The first-order chi connectivity index (χ1) is 12.0. The van der Waals surface area contributed by atoms with Crippen molar-refractivity contribution in [2.45, 2.75) is 12.8 Å². The van der Waals surface area contributed by atoms with E-state index in [1.807, 2.05) is 12.1 Å². The third-order valence-electron chi connectivity index (χ3n) is 3.47. The van der Waals surface area contributed by atoms with Crippen molar-refractivity contribution in [2.75, 3.05) is 5.32 Å². The number of hydrogen-bond donors (Lipinski definition) is 1. The molecule has 1 N–H and O–H groups in total. The number of nitrogens with zero attached hydrogens (tertiary/aromatic N) is 1. The summed E-state index contributed by atoms with van der Waals surface area (Å²) in [6.07, 6.45) is 1.99. The molecule has 2 aromatic carbocycles. The molecule has 0 bridgehead atoms. The first-order valence-corrected chi connectivity index (χ1v) is 8.23. The molecule has 3 aromatic rings. The fraction of sp³-hybridized carbons (Fsp3) is 0.111. The van der Waals surface area contributed by atoms with Crippen LogP contribution in [-0.4, -0.2) is 10.9 Å². The Morgan fingerprint density at radius 3 is 2.68 bits per heavy atom. The zero-order chi connectivity index (χ0) is 17.8. The predicted octanol–water partition coefficient (Wildman–Crippen LogP) is 5.36. The highest BCUT2D eigenvalue weighted by Gasteiger charge is 2.12. The minimum Gasteiger partial charge on any atom is -0.441 e. The molecule has 0 fully saturated rings. The number of oxazole rings is 1. The summed E-state index contributed by atoms with van der Waals surface area (Å²) >= 11 is 11.5. The van der Waals surface area contributed by atoms with Gasteiger partial charge in [0, 0.05) is 23.4 Å². The second-order valence-electron chi connectivity index (χ2n) is 5.27. The quantitative estimate of drug-likeness (QED) is 0.650. The van der Waals surface area contributed by atoms with Crippen molar-refractivity contribution < 1.29 is 13.6 Å². The number of benzene rings is 2. The molecular weight excluding hydrogens is 366 g/mol. The Balaban J connectivity index is 1.59. The fourth-order valence-corrected chi connectivity index (χ4v) is 2.51. The largest absolute Gasteiger partial charge is 0.441 e. The number of aromatic nitrogens is 1. The van der Waals surface area contributed by atoms with Crippen LogP contribution in [0.3, 0.4) is 0 Å². The molecular formula is C18H13Cl2FN2O2. The van der Waals surface area contributed by atoms with Crippen LogP contribution in [0.2, 0.25) is 10.0 Å². The van der Waals surface area contributed by atoms with Gasteiger partial charge >= 0.3 is 0 Å². The van der Waals surface area contributed by atoms with Gasteiger partial charge in [0.05, 0.1) is 16.9 Å². The summed E-state index contributed by atoms with van der Waals surface area (Å²) in [6, 6.07) is 11.6. The zero-order valence-electron chi connectivity index (χ0n) is 12.9. The molecule has 3 rings (SSSR count). The SMILES string of the molecule is O=C(CCc1ncc(-c2ccc(Cl)cc2)o1)Nc1cccc(Cl)c1F. The normalized spacial score (nSPS) is 10.7. The fourth-order valence-electron chi connectivity index (χ4n) is 2.21. The van der Waals surface area contributed by atoms with Gasteiger partial charge in [-0.05, 0) is 36.4 Å². The van der Waals surface area contributed by atoms with Crippen LogP contribution in [0.25, 0.3) is 11.3 Å². The van der Waals surface area contributed by atoms with Crippen molar-refractivity contribution in [1.29, 1.82) is 0 Å². The monoisotopic (exact) mass is 378 g/mol. The predicted molar refractivity (Wildman–Crippen MR) is 95.3 cm³/mol. The first kappa shape index (κ1) is 17.5. The van der Waals surface area contributed by atoms with Crippen molar-refractivity contribution in [3.05, 3.63) is 70.4 Å². The highest BCUT2D eigenvalue weighted by Crippen LogP contribution is 2.24. The Kier molecular flexibility index (Phi) is 5.36. The number of hydrogen-bond acceptors (Lipinski definition) is 3. The van der Waals surface area contributed by atoms with Crippen LogP contribution in [0, 0.1) is 5.82 Å². The number of carbonyl (C=O) groups excluding carboxylic acids is 1. The summed E-state index contributed by atoms with van der Waals surface area (Å²) < 4.78 is 19.4. The lowest BCUT2D eigenvalue weighted by molar-refractivity contribution is -0.116. The van der Waals surface area contributed by atoms with Crippen LogP contribution < -0.4 is 5.32 Å². The minimum atomic E-state index is -0.654. The van der Waals surface area contributed by atoms with E-state index < -0.39 is 5.82 Å². The van der Waals surface area contributed by atoms with E-state index in [1.54, 1.807) is 24.4 Å². The molecule has 1 heterocycles. The van der Waals surface area contributed by atoms with Crippen molar-refractivity contribution in [1.82, 2.24) is 4.98 Å². The first-order valence-electron chi connectivity index (χ1n) is 7.47. The van der Waals surface area contributed by atoms with E-state index >= 15 is 0 Å². The number of rotatable bonds is 5. The van der Waals surface area contributed by atoms with Gasteiger partial charge in [-0.25, -0.2) is 9.37 Å². The van der Waals surface area contributed by atoms with Gasteiger partial charge in [0.2, 0.25) is 5.91 Å². The van der Waals surface area contributed by atoms with Crippen LogP contribution in [-0.2, 0) is 11.2 Å². The lowest BCUT2D eigenvalue weighted by Gasteiger charge is -2.06. The van der Waals surface area contributed by atoms with Crippen LogP contribution >= 0.6 is 23.2 Å². The second kappa shape index (κ2) is 7.68. The van der Waals surface area contributed by atoms with Crippen LogP contribution in [0.4, 0.5) is 10.1 Å². The zero-order valence-corrected chi connectivity index (χ0v) is 14.4. The third kappa shape index (κ3) is 4.38. The Morgan fingerprint density at radius 1 is 1.16 bits per heavy atom. The summed E-state index contributed by atoms with van der Waals surface area (Å²) in [7, 11) is 0. The van der Waals surface area contributed by atoms with Crippen molar-refractivity contribution in [3.8, 4) is 11.3 Å². The maximum atomic E-state index is 13.8. The van der Waals surface area contributed by atoms with Crippen molar-refractivity contribution in [2.24, 2.45) is 0 Å². The van der Waals surface area contributed by atoms with Gasteiger partial charge in [-0.15, -0.1) is 0 Å². The standard InChI is InChI=1S/C18H13Cl2FN2O2/c19-12-6-4-11(5-7-12)15-10-22-17(25-15)9-8-16(24)23-14-3-1-2-13(20)18(14)21/h1-7,10H,8-9H2,(H,23,24). The Morgan fingerprint density at radius 2 is 1.92 bits per heavy atom. The number of halogens is 3. The second-order valence-corrected chi connectivity index (χ2v) is 6.12. The summed E-state index contributed by atoms with van der Waals surface area (Å²) in [5.41, 5.74) is 0.889. The van der Waals surface area contributed by atoms with E-state index in [-0.39, 0.29) is 23.0 Å². The maximum Gasteiger partial charge on any atom is 0.224 e. The van der Waals surface area contributed by atoms with Crippen LogP contribution in [0.15, 0.2) is 53.1 Å². The van der Waals surface area contributed by atoms with E-state index in [9.17, 15) is 9.18 Å².